The van der Waals surface area contributed by atoms with Gasteiger partial charge in [0, 0.05) is 12.7 Å². The number of carbonyl (C=O) groups is 1. The van der Waals surface area contributed by atoms with E-state index in [0.29, 0.717) is 17.0 Å². The molecule has 5 heteroatoms. The lowest BCUT2D eigenvalue weighted by Crippen LogP contribution is -2.38. The van der Waals surface area contributed by atoms with Crippen LogP contribution in [0.5, 0.6) is 0 Å². The Morgan fingerprint density at radius 2 is 2.19 bits per heavy atom. The van der Waals surface area contributed by atoms with E-state index in [2.05, 4.69) is 17.2 Å². The van der Waals surface area contributed by atoms with Crippen molar-refractivity contribution in [3.05, 3.63) is 35.8 Å². The molecular weight excluding hydrogens is 346 g/mol. The zero-order valence-electron chi connectivity index (χ0n) is 15.2. The first-order valence-electron chi connectivity index (χ1n) is 9.88. The summed E-state index contributed by atoms with van der Waals surface area (Å²) in [5.74, 6) is 3.95. The van der Waals surface area contributed by atoms with Crippen LogP contribution in [0.25, 0.3) is 5.65 Å². The topological polar surface area (TPSA) is 46.4 Å². The molecule has 2 heterocycles. The summed E-state index contributed by atoms with van der Waals surface area (Å²) in [6, 6.07) is 5.67. The highest BCUT2D eigenvalue weighted by atomic mass is 35.5. The second-order valence-corrected chi connectivity index (χ2v) is 9.33. The lowest BCUT2D eigenvalue weighted by Gasteiger charge is -2.42. The first-order chi connectivity index (χ1) is 12.6. The minimum absolute atomic E-state index is 0.00352. The Hall–Kier alpha value is -1.55. The van der Waals surface area contributed by atoms with Crippen molar-refractivity contribution >= 4 is 23.2 Å². The second kappa shape index (κ2) is 5.98. The summed E-state index contributed by atoms with van der Waals surface area (Å²) in [6.45, 7) is 3.21. The first kappa shape index (κ1) is 16.6. The number of imidazole rings is 1. The predicted octanol–water partition coefficient (Wildman–Crippen LogP) is 4.27. The van der Waals surface area contributed by atoms with Crippen molar-refractivity contribution in [3.63, 3.8) is 0 Å². The van der Waals surface area contributed by atoms with E-state index in [4.69, 9.17) is 11.6 Å². The maximum atomic E-state index is 12.9. The van der Waals surface area contributed by atoms with Gasteiger partial charge >= 0.3 is 0 Å². The molecule has 3 aliphatic rings. The smallest absolute Gasteiger partial charge is 0.268 e. The molecule has 3 aliphatic carbocycles. The summed E-state index contributed by atoms with van der Waals surface area (Å²) >= 11 is 5.91. The fourth-order valence-corrected chi connectivity index (χ4v) is 6.43. The molecule has 0 radical (unpaired) electrons. The molecule has 0 saturated heterocycles. The molecule has 2 aromatic heterocycles. The van der Waals surface area contributed by atoms with Gasteiger partial charge in [0.1, 0.15) is 11.3 Å². The number of nitrogens with zero attached hydrogens (tertiary/aromatic N) is 2. The number of alkyl halides is 1. The minimum Gasteiger partial charge on any atom is -0.350 e. The van der Waals surface area contributed by atoms with E-state index in [1.165, 1.54) is 32.1 Å². The summed E-state index contributed by atoms with van der Waals surface area (Å²) in [5.41, 5.74) is 2.53. The summed E-state index contributed by atoms with van der Waals surface area (Å²) < 4.78 is 1.86. The molecule has 3 fully saturated rings. The van der Waals surface area contributed by atoms with Gasteiger partial charge in [-0.05, 0) is 73.3 Å². The summed E-state index contributed by atoms with van der Waals surface area (Å²) in [7, 11) is 0. The van der Waals surface area contributed by atoms with Crippen LogP contribution in [0.3, 0.4) is 0 Å². The molecule has 0 aromatic carbocycles. The van der Waals surface area contributed by atoms with Crippen LogP contribution in [-0.4, -0.2) is 21.8 Å². The first-order valence-corrected chi connectivity index (χ1v) is 10.4. The highest BCUT2D eigenvalue weighted by molar-refractivity contribution is 6.16. The van der Waals surface area contributed by atoms with Crippen LogP contribution in [0.15, 0.2) is 24.4 Å². The zero-order chi connectivity index (χ0) is 17.9. The van der Waals surface area contributed by atoms with Crippen molar-refractivity contribution < 1.29 is 4.79 Å². The molecule has 3 saturated carbocycles. The van der Waals surface area contributed by atoms with E-state index in [1.807, 2.05) is 28.8 Å². The van der Waals surface area contributed by atoms with Crippen molar-refractivity contribution in [1.82, 2.24) is 14.7 Å². The van der Waals surface area contributed by atoms with E-state index in [0.717, 1.165) is 41.6 Å². The number of amides is 1. The number of fused-ring (bicyclic) bond motifs is 2. The lowest BCUT2D eigenvalue weighted by molar-refractivity contribution is 0.0729. The average molecular weight is 372 g/mol. The van der Waals surface area contributed by atoms with Crippen molar-refractivity contribution in [2.24, 2.45) is 29.1 Å². The van der Waals surface area contributed by atoms with E-state index in [9.17, 15) is 4.79 Å². The normalized spacial score (nSPS) is 35.2. The third kappa shape index (κ3) is 2.57. The Kier molecular flexibility index (Phi) is 3.82. The Balaban J connectivity index is 1.35. The van der Waals surface area contributed by atoms with Crippen molar-refractivity contribution in [2.75, 3.05) is 6.54 Å². The van der Waals surface area contributed by atoms with Crippen LogP contribution in [0.1, 0.15) is 55.2 Å². The molecule has 5 rings (SSSR count). The van der Waals surface area contributed by atoms with Gasteiger partial charge in [-0.1, -0.05) is 13.0 Å². The molecule has 1 N–H and O–H groups in total. The van der Waals surface area contributed by atoms with E-state index in [1.54, 1.807) is 0 Å². The Labute approximate surface area is 159 Å². The maximum Gasteiger partial charge on any atom is 0.268 e. The number of aromatic nitrogens is 2. The molecule has 138 valence electrons. The van der Waals surface area contributed by atoms with E-state index >= 15 is 0 Å². The molecule has 5 atom stereocenters. The van der Waals surface area contributed by atoms with Crippen molar-refractivity contribution in [2.45, 2.75) is 44.9 Å². The Morgan fingerprint density at radius 3 is 3.04 bits per heavy atom. The number of hydrogen-bond acceptors (Lipinski definition) is 2. The Bertz CT molecular complexity index is 858. The Morgan fingerprint density at radius 1 is 1.31 bits per heavy atom. The molecule has 0 aliphatic heterocycles. The quantitative estimate of drug-likeness (QED) is 0.816. The third-order valence-corrected chi connectivity index (χ3v) is 7.48. The molecule has 2 bridgehead atoms. The monoisotopic (exact) mass is 371 g/mol. The summed E-state index contributed by atoms with van der Waals surface area (Å²) in [5, 5.41) is 3.27. The minimum atomic E-state index is -0.00352. The fourth-order valence-electron chi connectivity index (χ4n) is 6.30. The number of rotatable bonds is 4. The van der Waals surface area contributed by atoms with Crippen molar-refractivity contribution in [3.8, 4) is 0 Å². The average Bonchev–Trinajstić information content (AvgIpc) is 3.13. The highest BCUT2D eigenvalue weighted by Crippen LogP contribution is 2.64. The van der Waals surface area contributed by atoms with Crippen LogP contribution in [0.2, 0.25) is 0 Å². The van der Waals surface area contributed by atoms with Gasteiger partial charge in [0.25, 0.3) is 5.91 Å². The number of nitrogens with one attached hydrogen (secondary N) is 1. The number of hydrogen-bond donors (Lipinski definition) is 1. The van der Waals surface area contributed by atoms with E-state index < -0.39 is 0 Å². The zero-order valence-corrected chi connectivity index (χ0v) is 16.0. The fraction of sp³-hybridized carbons (Fsp3) is 0.619. The van der Waals surface area contributed by atoms with Gasteiger partial charge in [0.05, 0.1) is 11.6 Å². The lowest BCUT2D eigenvalue weighted by atomic mass is 9.63. The van der Waals surface area contributed by atoms with Gasteiger partial charge in [0.2, 0.25) is 0 Å². The van der Waals surface area contributed by atoms with Gasteiger partial charge in [-0.25, -0.2) is 4.98 Å². The predicted molar refractivity (Wildman–Crippen MR) is 102 cm³/mol. The number of carbonyl (C=O) groups excluding carboxylic acids is 1. The van der Waals surface area contributed by atoms with Crippen LogP contribution < -0.4 is 5.32 Å². The second-order valence-electron chi connectivity index (χ2n) is 9.06. The third-order valence-electron chi connectivity index (χ3n) is 7.20. The molecule has 4 nitrogen and oxygen atoms in total. The van der Waals surface area contributed by atoms with Crippen LogP contribution >= 0.6 is 11.6 Å². The molecule has 1 amide bonds. The number of halogens is 1. The van der Waals surface area contributed by atoms with Gasteiger partial charge in [0.15, 0.2) is 0 Å². The van der Waals surface area contributed by atoms with Gasteiger partial charge < -0.3 is 5.32 Å². The molecule has 26 heavy (non-hydrogen) atoms. The molecule has 5 unspecified atom stereocenters. The number of pyridine rings is 1. The molecule has 2 aromatic rings. The standard InChI is InChI=1S/C21H26ClN3O/c1-13-5-14-6-15-8-21(7-13,9-17(14)15)12-23-20(26)18-3-2-4-19-24-16(10-22)11-25(18)19/h2-4,11,13-15,17H,5-10,12H2,1H3,(H,23,26). The van der Waals surface area contributed by atoms with Crippen LogP contribution in [-0.2, 0) is 5.88 Å². The SMILES string of the molecule is CC1CC2CC3CC(CNC(=O)c4cccc5nc(CCl)cn45)(C1)CC23. The highest BCUT2D eigenvalue weighted by Gasteiger charge is 2.56. The van der Waals surface area contributed by atoms with Gasteiger partial charge in [-0.3, -0.25) is 9.20 Å². The van der Waals surface area contributed by atoms with Crippen LogP contribution in [0, 0.1) is 29.1 Å². The van der Waals surface area contributed by atoms with Crippen LogP contribution in [0.4, 0.5) is 0 Å². The van der Waals surface area contributed by atoms with E-state index in [-0.39, 0.29) is 5.91 Å². The molecular formula is C21H26ClN3O. The molecule has 0 spiro atoms. The maximum absolute atomic E-state index is 12.9. The van der Waals surface area contributed by atoms with Crippen molar-refractivity contribution in [1.29, 1.82) is 0 Å². The largest absolute Gasteiger partial charge is 0.350 e. The van der Waals surface area contributed by atoms with Gasteiger partial charge in [-0.15, -0.1) is 11.6 Å². The van der Waals surface area contributed by atoms with Gasteiger partial charge in [-0.2, -0.15) is 0 Å². The summed E-state index contributed by atoms with van der Waals surface area (Å²) in [4.78, 5) is 17.4. The summed E-state index contributed by atoms with van der Waals surface area (Å²) in [6.07, 6.45) is 8.59.